The molecule has 0 unspecified atom stereocenters. The highest BCUT2D eigenvalue weighted by atomic mass is 16.5. The Morgan fingerprint density at radius 2 is 2.27 bits per heavy atom. The number of aliphatic hydroxyl groups excluding tert-OH is 2. The summed E-state index contributed by atoms with van der Waals surface area (Å²) in [4.78, 5) is 0. The lowest BCUT2D eigenvalue weighted by molar-refractivity contribution is 0.267. The van der Waals surface area contributed by atoms with Crippen LogP contribution in [0.2, 0.25) is 0 Å². The number of rotatable bonds is 4. The van der Waals surface area contributed by atoms with Gasteiger partial charge in [0.25, 0.3) is 0 Å². The highest BCUT2D eigenvalue weighted by Gasteiger charge is 2.05. The maximum atomic E-state index is 8.74. The standard InChI is InChI=1S/C7H11NO3/c9-3-1-2-7-6(5-10)4-8-11-7/h4,9-10H,1-3,5H2. The van der Waals surface area contributed by atoms with Crippen molar-refractivity contribution in [1.82, 2.24) is 5.16 Å². The molecule has 1 heterocycles. The van der Waals surface area contributed by atoms with Crippen molar-refractivity contribution in [3.8, 4) is 0 Å². The maximum absolute atomic E-state index is 8.74. The van der Waals surface area contributed by atoms with Crippen LogP contribution in [0.1, 0.15) is 17.7 Å². The van der Waals surface area contributed by atoms with Crippen LogP contribution in [0.5, 0.6) is 0 Å². The van der Waals surface area contributed by atoms with Crippen molar-refractivity contribution in [3.05, 3.63) is 17.5 Å². The van der Waals surface area contributed by atoms with E-state index in [1.807, 2.05) is 0 Å². The molecule has 0 aliphatic rings. The molecule has 0 aliphatic heterocycles. The molecular formula is C7H11NO3. The van der Waals surface area contributed by atoms with Crippen molar-refractivity contribution in [2.24, 2.45) is 0 Å². The molecule has 11 heavy (non-hydrogen) atoms. The van der Waals surface area contributed by atoms with Gasteiger partial charge in [0.15, 0.2) is 0 Å². The van der Waals surface area contributed by atoms with Gasteiger partial charge in [0.2, 0.25) is 0 Å². The first-order chi connectivity index (χ1) is 5.38. The van der Waals surface area contributed by atoms with Crippen LogP contribution < -0.4 is 0 Å². The van der Waals surface area contributed by atoms with E-state index in [4.69, 9.17) is 14.7 Å². The molecule has 1 aromatic heterocycles. The van der Waals surface area contributed by atoms with Crippen molar-refractivity contribution in [3.63, 3.8) is 0 Å². The first-order valence-electron chi connectivity index (χ1n) is 3.52. The van der Waals surface area contributed by atoms with Gasteiger partial charge in [0.1, 0.15) is 5.76 Å². The van der Waals surface area contributed by atoms with Crippen molar-refractivity contribution in [2.75, 3.05) is 6.61 Å². The maximum Gasteiger partial charge on any atom is 0.142 e. The number of aliphatic hydroxyl groups is 2. The lowest BCUT2D eigenvalue weighted by atomic mass is 10.2. The second kappa shape index (κ2) is 4.10. The van der Waals surface area contributed by atoms with E-state index < -0.39 is 0 Å². The fraction of sp³-hybridized carbons (Fsp3) is 0.571. The third-order valence-electron chi connectivity index (χ3n) is 1.46. The molecule has 2 N–H and O–H groups in total. The Morgan fingerprint density at radius 3 is 2.91 bits per heavy atom. The molecule has 0 saturated carbocycles. The molecule has 0 radical (unpaired) electrons. The third kappa shape index (κ3) is 2.03. The molecule has 1 rings (SSSR count). The first kappa shape index (κ1) is 8.23. The molecule has 0 saturated heterocycles. The molecular weight excluding hydrogens is 146 g/mol. The van der Waals surface area contributed by atoms with Gasteiger partial charge < -0.3 is 14.7 Å². The number of aryl methyl sites for hydroxylation is 1. The van der Waals surface area contributed by atoms with Gasteiger partial charge in [0.05, 0.1) is 12.8 Å². The van der Waals surface area contributed by atoms with Crippen LogP contribution in [0.3, 0.4) is 0 Å². The quantitative estimate of drug-likeness (QED) is 0.650. The van der Waals surface area contributed by atoms with Crippen LogP contribution in [0.4, 0.5) is 0 Å². The van der Waals surface area contributed by atoms with Crippen molar-refractivity contribution < 1.29 is 14.7 Å². The van der Waals surface area contributed by atoms with Gasteiger partial charge in [0, 0.05) is 18.6 Å². The SMILES string of the molecule is OCCCc1oncc1CO. The first-order valence-corrected chi connectivity index (χ1v) is 3.52. The Kier molecular flexibility index (Phi) is 3.07. The summed E-state index contributed by atoms with van der Waals surface area (Å²) in [6, 6.07) is 0. The molecule has 0 amide bonds. The van der Waals surface area contributed by atoms with E-state index in [1.165, 1.54) is 6.20 Å². The number of hydrogen-bond donors (Lipinski definition) is 2. The minimum absolute atomic E-state index is 0.0513. The fourth-order valence-electron chi connectivity index (χ4n) is 0.859. The van der Waals surface area contributed by atoms with Crippen LogP contribution in [-0.4, -0.2) is 22.0 Å². The monoisotopic (exact) mass is 157 g/mol. The third-order valence-corrected chi connectivity index (χ3v) is 1.46. The predicted octanol–water partition coefficient (Wildman–Crippen LogP) is 0.0918. The number of aromatic nitrogens is 1. The van der Waals surface area contributed by atoms with Gasteiger partial charge >= 0.3 is 0 Å². The van der Waals surface area contributed by atoms with Crippen LogP contribution in [0, 0.1) is 0 Å². The van der Waals surface area contributed by atoms with Crippen LogP contribution in [-0.2, 0) is 13.0 Å². The summed E-state index contributed by atoms with van der Waals surface area (Å²) in [6.45, 7) is 0.0792. The Hall–Kier alpha value is -0.870. The summed E-state index contributed by atoms with van der Waals surface area (Å²) in [5.41, 5.74) is 0.707. The largest absolute Gasteiger partial charge is 0.396 e. The summed E-state index contributed by atoms with van der Waals surface area (Å²) >= 11 is 0. The van der Waals surface area contributed by atoms with Crippen molar-refractivity contribution in [1.29, 1.82) is 0 Å². The van der Waals surface area contributed by atoms with Gasteiger partial charge in [-0.25, -0.2) is 0 Å². The molecule has 0 bridgehead atoms. The van der Waals surface area contributed by atoms with Gasteiger partial charge in [-0.2, -0.15) is 0 Å². The summed E-state index contributed by atoms with van der Waals surface area (Å²) in [5, 5.41) is 20.8. The van der Waals surface area contributed by atoms with E-state index in [-0.39, 0.29) is 13.2 Å². The molecule has 0 aromatic carbocycles. The van der Waals surface area contributed by atoms with Crippen LogP contribution >= 0.6 is 0 Å². The summed E-state index contributed by atoms with van der Waals surface area (Å²) < 4.78 is 4.84. The molecule has 4 heteroatoms. The highest BCUT2D eigenvalue weighted by Crippen LogP contribution is 2.09. The predicted molar refractivity (Wildman–Crippen MR) is 37.8 cm³/mol. The van der Waals surface area contributed by atoms with E-state index in [9.17, 15) is 0 Å². The zero-order valence-corrected chi connectivity index (χ0v) is 6.16. The molecule has 0 spiro atoms. The lowest BCUT2D eigenvalue weighted by Gasteiger charge is -1.94. The second-order valence-corrected chi connectivity index (χ2v) is 2.26. The average Bonchev–Trinajstić information content (AvgIpc) is 2.47. The van der Waals surface area contributed by atoms with Gasteiger partial charge in [-0.15, -0.1) is 0 Å². The number of hydrogen-bond acceptors (Lipinski definition) is 4. The Bertz CT molecular complexity index is 209. The van der Waals surface area contributed by atoms with Gasteiger partial charge in [-0.3, -0.25) is 0 Å². The summed E-state index contributed by atoms with van der Waals surface area (Å²) in [6.07, 6.45) is 2.77. The van der Waals surface area contributed by atoms with E-state index in [0.29, 0.717) is 24.2 Å². The molecule has 0 atom stereocenters. The van der Waals surface area contributed by atoms with Gasteiger partial charge in [-0.1, -0.05) is 5.16 Å². The van der Waals surface area contributed by atoms with E-state index in [0.717, 1.165) is 0 Å². The highest BCUT2D eigenvalue weighted by molar-refractivity contribution is 5.11. The fourth-order valence-corrected chi connectivity index (χ4v) is 0.859. The van der Waals surface area contributed by atoms with Crippen LogP contribution in [0.25, 0.3) is 0 Å². The van der Waals surface area contributed by atoms with E-state index in [1.54, 1.807) is 0 Å². The Morgan fingerprint density at radius 1 is 1.45 bits per heavy atom. The lowest BCUT2D eigenvalue weighted by Crippen LogP contribution is -1.91. The minimum Gasteiger partial charge on any atom is -0.396 e. The van der Waals surface area contributed by atoms with E-state index in [2.05, 4.69) is 5.16 Å². The summed E-state index contributed by atoms with van der Waals surface area (Å²) in [5.74, 6) is 0.668. The zero-order chi connectivity index (χ0) is 8.10. The molecule has 0 fully saturated rings. The zero-order valence-electron chi connectivity index (χ0n) is 6.16. The minimum atomic E-state index is -0.0513. The van der Waals surface area contributed by atoms with Crippen LogP contribution in [0.15, 0.2) is 10.7 Å². The second-order valence-electron chi connectivity index (χ2n) is 2.26. The Balaban J connectivity index is 2.54. The molecule has 0 aliphatic carbocycles. The summed E-state index contributed by atoms with van der Waals surface area (Å²) in [7, 11) is 0. The van der Waals surface area contributed by atoms with Crippen molar-refractivity contribution >= 4 is 0 Å². The molecule has 1 aromatic rings. The molecule has 4 nitrogen and oxygen atoms in total. The van der Waals surface area contributed by atoms with E-state index >= 15 is 0 Å². The smallest absolute Gasteiger partial charge is 0.142 e. The van der Waals surface area contributed by atoms with Gasteiger partial charge in [-0.05, 0) is 6.42 Å². The average molecular weight is 157 g/mol. The molecule has 62 valence electrons. The normalized spacial score (nSPS) is 10.4. The topological polar surface area (TPSA) is 66.5 Å². The Labute approximate surface area is 64.4 Å². The number of nitrogens with zero attached hydrogens (tertiary/aromatic N) is 1. The van der Waals surface area contributed by atoms with Crippen molar-refractivity contribution in [2.45, 2.75) is 19.4 Å².